The summed E-state index contributed by atoms with van der Waals surface area (Å²) >= 11 is 0. The van der Waals surface area contributed by atoms with Gasteiger partial charge in [-0.1, -0.05) is 12.1 Å². The van der Waals surface area contributed by atoms with Gasteiger partial charge in [0.05, 0.1) is 17.4 Å². The fraction of sp³-hybridized carbons (Fsp3) is 0.588. The number of piperidine rings is 1. The van der Waals surface area contributed by atoms with Gasteiger partial charge in [-0.2, -0.15) is 0 Å². The molecule has 3 N–H and O–H groups in total. The third-order valence-electron chi connectivity index (χ3n) is 5.08. The molecule has 2 aliphatic rings. The van der Waals surface area contributed by atoms with Crippen molar-refractivity contribution in [1.29, 1.82) is 0 Å². The van der Waals surface area contributed by atoms with Crippen molar-refractivity contribution in [2.24, 2.45) is 11.7 Å². The van der Waals surface area contributed by atoms with E-state index in [0.717, 1.165) is 43.9 Å². The zero-order valence-electron chi connectivity index (χ0n) is 13.5. The van der Waals surface area contributed by atoms with Gasteiger partial charge in [0.1, 0.15) is 0 Å². The molecule has 2 aliphatic heterocycles. The van der Waals surface area contributed by atoms with Gasteiger partial charge in [-0.3, -0.25) is 4.90 Å². The molecule has 5 nitrogen and oxygen atoms in total. The topological polar surface area (TPSA) is 61.6 Å². The minimum absolute atomic E-state index is 0.154. The summed E-state index contributed by atoms with van der Waals surface area (Å²) in [5, 5.41) is 3.47. The fourth-order valence-electron chi connectivity index (χ4n) is 3.80. The van der Waals surface area contributed by atoms with Gasteiger partial charge in [0.25, 0.3) is 0 Å². The number of nitrogens with one attached hydrogen (secondary N) is 1. The number of anilines is 2. The molecular weight excluding hydrogens is 276 g/mol. The number of benzene rings is 1. The average Bonchev–Trinajstić information content (AvgIpc) is 2.53. The highest BCUT2D eigenvalue weighted by molar-refractivity contribution is 5.96. The summed E-state index contributed by atoms with van der Waals surface area (Å²) in [7, 11) is 0. The second-order valence-corrected chi connectivity index (χ2v) is 6.64. The molecule has 3 rings (SSSR count). The summed E-state index contributed by atoms with van der Waals surface area (Å²) in [4.78, 5) is 16.4. The molecule has 5 heteroatoms. The molecule has 0 bridgehead atoms. The van der Waals surface area contributed by atoms with Crippen molar-refractivity contribution in [2.75, 3.05) is 29.9 Å². The Kier molecular flexibility index (Phi) is 4.25. The number of para-hydroxylation sites is 2. The molecule has 22 heavy (non-hydrogen) atoms. The molecule has 120 valence electrons. The summed E-state index contributed by atoms with van der Waals surface area (Å²) in [6, 6.07) is 8.32. The molecule has 2 heterocycles. The molecular formula is C17H26N4O. The van der Waals surface area contributed by atoms with E-state index >= 15 is 0 Å². The van der Waals surface area contributed by atoms with E-state index in [1.54, 1.807) is 0 Å². The molecule has 0 aliphatic carbocycles. The largest absolute Gasteiger partial charge is 0.381 e. The molecule has 0 aromatic heterocycles. The maximum atomic E-state index is 12.1. The van der Waals surface area contributed by atoms with Gasteiger partial charge in [-0.15, -0.1) is 0 Å². The number of fused-ring (bicyclic) bond motifs is 1. The molecule has 0 radical (unpaired) electrons. The van der Waals surface area contributed by atoms with Crippen LogP contribution in [0.15, 0.2) is 24.3 Å². The smallest absolute Gasteiger partial charge is 0.319 e. The standard InChI is InChI=1S/C17H26N4O/c1-12(2)20-9-7-13(8-10-20)16-11-19-14-5-3-4-6-15(14)21(16)17(18)22/h3-6,12-13,16,19H,7-11H2,1-2H3,(H2,18,22). The van der Waals surface area contributed by atoms with Crippen LogP contribution in [0.3, 0.4) is 0 Å². The monoisotopic (exact) mass is 302 g/mol. The molecule has 0 saturated carbocycles. The summed E-state index contributed by atoms with van der Waals surface area (Å²) < 4.78 is 0. The van der Waals surface area contributed by atoms with Crippen LogP contribution in [0.4, 0.5) is 16.2 Å². The second-order valence-electron chi connectivity index (χ2n) is 6.64. The normalized spacial score (nSPS) is 23.2. The fourth-order valence-corrected chi connectivity index (χ4v) is 3.80. The lowest BCUT2D eigenvalue weighted by molar-refractivity contribution is 0.138. The highest BCUT2D eigenvalue weighted by Gasteiger charge is 2.36. The molecule has 1 fully saturated rings. The van der Waals surface area contributed by atoms with Crippen LogP contribution in [-0.2, 0) is 0 Å². The summed E-state index contributed by atoms with van der Waals surface area (Å²) in [5.74, 6) is 0.503. The van der Waals surface area contributed by atoms with Crippen LogP contribution in [0.1, 0.15) is 26.7 Å². The third kappa shape index (κ3) is 2.77. The number of nitrogens with two attached hydrogens (primary N) is 1. The summed E-state index contributed by atoms with van der Waals surface area (Å²) in [6.07, 6.45) is 2.24. The van der Waals surface area contributed by atoms with Crippen molar-refractivity contribution in [3.8, 4) is 0 Å². The Morgan fingerprint density at radius 3 is 2.59 bits per heavy atom. The lowest BCUT2D eigenvalue weighted by Gasteiger charge is -2.44. The molecule has 1 unspecified atom stereocenters. The average molecular weight is 302 g/mol. The van der Waals surface area contributed by atoms with Crippen molar-refractivity contribution < 1.29 is 4.79 Å². The van der Waals surface area contributed by atoms with E-state index in [2.05, 4.69) is 24.1 Å². The van der Waals surface area contributed by atoms with Crippen LogP contribution in [0.2, 0.25) is 0 Å². The number of amides is 2. The Morgan fingerprint density at radius 1 is 1.27 bits per heavy atom. The number of carbonyl (C=O) groups excluding carboxylic acids is 1. The van der Waals surface area contributed by atoms with Gasteiger partial charge in [0.15, 0.2) is 0 Å². The van der Waals surface area contributed by atoms with E-state index in [-0.39, 0.29) is 12.1 Å². The predicted octanol–water partition coefficient (Wildman–Crippen LogP) is 2.49. The van der Waals surface area contributed by atoms with Crippen LogP contribution >= 0.6 is 0 Å². The van der Waals surface area contributed by atoms with E-state index in [1.165, 1.54) is 0 Å². The first kappa shape index (κ1) is 15.2. The Bertz CT molecular complexity index is 537. The summed E-state index contributed by atoms with van der Waals surface area (Å²) in [6.45, 7) is 7.48. The number of likely N-dealkylation sites (tertiary alicyclic amines) is 1. The van der Waals surface area contributed by atoms with Crippen molar-refractivity contribution in [3.05, 3.63) is 24.3 Å². The SMILES string of the molecule is CC(C)N1CCC(C2CNc3ccccc3N2C(N)=O)CC1. The zero-order chi connectivity index (χ0) is 15.7. The Labute approximate surface area is 132 Å². The van der Waals surface area contributed by atoms with Crippen molar-refractivity contribution in [3.63, 3.8) is 0 Å². The molecule has 2 amide bonds. The van der Waals surface area contributed by atoms with Gasteiger partial charge < -0.3 is 16.0 Å². The first-order valence-electron chi connectivity index (χ1n) is 8.23. The van der Waals surface area contributed by atoms with E-state index in [4.69, 9.17) is 5.73 Å². The number of hydrogen-bond donors (Lipinski definition) is 2. The van der Waals surface area contributed by atoms with Crippen LogP contribution in [0.25, 0.3) is 0 Å². The van der Waals surface area contributed by atoms with E-state index in [0.29, 0.717) is 12.0 Å². The van der Waals surface area contributed by atoms with Crippen LogP contribution < -0.4 is 16.0 Å². The third-order valence-corrected chi connectivity index (χ3v) is 5.08. The van der Waals surface area contributed by atoms with Gasteiger partial charge >= 0.3 is 6.03 Å². The second kappa shape index (κ2) is 6.16. The molecule has 1 atom stereocenters. The quantitative estimate of drug-likeness (QED) is 0.882. The minimum atomic E-state index is -0.342. The number of hydrogen-bond acceptors (Lipinski definition) is 3. The number of primary amides is 1. The predicted molar refractivity (Wildman–Crippen MR) is 90.2 cm³/mol. The Morgan fingerprint density at radius 2 is 1.95 bits per heavy atom. The molecule has 0 spiro atoms. The number of rotatable bonds is 2. The van der Waals surface area contributed by atoms with Crippen molar-refractivity contribution in [2.45, 2.75) is 38.8 Å². The molecule has 1 aromatic carbocycles. The maximum absolute atomic E-state index is 12.1. The van der Waals surface area contributed by atoms with E-state index < -0.39 is 0 Å². The Hall–Kier alpha value is -1.75. The Balaban J connectivity index is 1.78. The van der Waals surface area contributed by atoms with Gasteiger partial charge in [-0.25, -0.2) is 4.79 Å². The van der Waals surface area contributed by atoms with E-state index in [9.17, 15) is 4.79 Å². The van der Waals surface area contributed by atoms with Gasteiger partial charge in [0, 0.05) is 12.6 Å². The van der Waals surface area contributed by atoms with Crippen LogP contribution in [0.5, 0.6) is 0 Å². The van der Waals surface area contributed by atoms with Crippen LogP contribution in [-0.4, -0.2) is 42.6 Å². The lowest BCUT2D eigenvalue weighted by atomic mass is 9.86. The number of nitrogens with zero attached hydrogens (tertiary/aromatic N) is 2. The minimum Gasteiger partial charge on any atom is -0.381 e. The highest BCUT2D eigenvalue weighted by atomic mass is 16.2. The van der Waals surface area contributed by atoms with Gasteiger partial charge in [-0.05, 0) is 57.8 Å². The summed E-state index contributed by atoms with van der Waals surface area (Å²) in [5.41, 5.74) is 7.62. The van der Waals surface area contributed by atoms with Crippen LogP contribution in [0, 0.1) is 5.92 Å². The number of urea groups is 1. The van der Waals surface area contributed by atoms with Gasteiger partial charge in [0.2, 0.25) is 0 Å². The number of carbonyl (C=O) groups is 1. The maximum Gasteiger partial charge on any atom is 0.319 e. The van der Waals surface area contributed by atoms with Crippen molar-refractivity contribution in [1.82, 2.24) is 4.90 Å². The van der Waals surface area contributed by atoms with E-state index in [1.807, 2.05) is 29.2 Å². The first-order chi connectivity index (χ1) is 10.6. The zero-order valence-corrected chi connectivity index (χ0v) is 13.5. The first-order valence-corrected chi connectivity index (χ1v) is 8.23. The molecule has 1 aromatic rings. The lowest BCUT2D eigenvalue weighted by Crippen LogP contribution is -2.55. The highest BCUT2D eigenvalue weighted by Crippen LogP contribution is 2.36. The molecule has 1 saturated heterocycles. The van der Waals surface area contributed by atoms with Crippen molar-refractivity contribution >= 4 is 17.4 Å².